The van der Waals surface area contributed by atoms with Gasteiger partial charge in [0.1, 0.15) is 0 Å². The van der Waals surface area contributed by atoms with Crippen molar-refractivity contribution in [1.29, 1.82) is 0 Å². The molecule has 4 heteroatoms. The Morgan fingerprint density at radius 2 is 2.25 bits per heavy atom. The average molecular weight is 259 g/mol. The van der Waals surface area contributed by atoms with Crippen LogP contribution >= 0.6 is 23.2 Å². The molecule has 0 saturated heterocycles. The van der Waals surface area contributed by atoms with Gasteiger partial charge in [-0.1, -0.05) is 35.3 Å². The van der Waals surface area contributed by atoms with Crippen LogP contribution in [0.4, 0.5) is 0 Å². The maximum absolute atomic E-state index is 11.5. The van der Waals surface area contributed by atoms with Crippen LogP contribution in [0.2, 0.25) is 10.0 Å². The third-order valence-corrected chi connectivity index (χ3v) is 3.59. The Hall–Kier alpha value is -0.730. The first-order chi connectivity index (χ1) is 7.65. The van der Waals surface area contributed by atoms with Gasteiger partial charge in [-0.3, -0.25) is 4.79 Å². The molecule has 0 aromatic heterocycles. The Balaban J connectivity index is 2.11. The van der Waals surface area contributed by atoms with Crippen molar-refractivity contribution >= 4 is 29.2 Å². The Bertz CT molecular complexity index is 417. The molecule has 2 rings (SSSR count). The van der Waals surface area contributed by atoms with Gasteiger partial charge >= 0.3 is 5.97 Å². The summed E-state index contributed by atoms with van der Waals surface area (Å²) in [7, 11) is 0. The molecule has 0 spiro atoms. The SMILES string of the molecule is CCOC(=O)[C@@H]1C[C@H]1c1cccc(Cl)c1Cl. The molecule has 86 valence electrons. The smallest absolute Gasteiger partial charge is 0.309 e. The van der Waals surface area contributed by atoms with Gasteiger partial charge in [-0.15, -0.1) is 0 Å². The lowest BCUT2D eigenvalue weighted by molar-refractivity contribution is -0.144. The largest absolute Gasteiger partial charge is 0.466 e. The summed E-state index contributed by atoms with van der Waals surface area (Å²) >= 11 is 12.0. The minimum atomic E-state index is -0.136. The highest BCUT2D eigenvalue weighted by molar-refractivity contribution is 6.42. The maximum atomic E-state index is 11.5. The van der Waals surface area contributed by atoms with Crippen LogP contribution in [-0.2, 0) is 9.53 Å². The third-order valence-electron chi connectivity index (χ3n) is 2.76. The second-order valence-corrected chi connectivity index (χ2v) is 4.63. The van der Waals surface area contributed by atoms with Crippen LogP contribution in [0.5, 0.6) is 0 Å². The first-order valence-corrected chi connectivity index (χ1v) is 6.01. The number of rotatable bonds is 3. The van der Waals surface area contributed by atoms with E-state index < -0.39 is 0 Å². The molecule has 1 aromatic rings. The fourth-order valence-electron chi connectivity index (χ4n) is 1.86. The average Bonchev–Trinajstić information content (AvgIpc) is 3.02. The van der Waals surface area contributed by atoms with Crippen molar-refractivity contribution in [2.45, 2.75) is 19.3 Å². The monoisotopic (exact) mass is 258 g/mol. The lowest BCUT2D eigenvalue weighted by Crippen LogP contribution is -2.07. The van der Waals surface area contributed by atoms with Crippen molar-refractivity contribution in [3.8, 4) is 0 Å². The summed E-state index contributed by atoms with van der Waals surface area (Å²) in [5.41, 5.74) is 0.951. The predicted molar refractivity (Wildman–Crippen MR) is 63.9 cm³/mol. The number of benzene rings is 1. The molecular weight excluding hydrogens is 247 g/mol. The van der Waals surface area contributed by atoms with Gasteiger partial charge in [-0.2, -0.15) is 0 Å². The highest BCUT2D eigenvalue weighted by Gasteiger charge is 2.46. The molecule has 0 radical (unpaired) electrons. The van der Waals surface area contributed by atoms with Crippen LogP contribution in [0.3, 0.4) is 0 Å². The van der Waals surface area contributed by atoms with E-state index in [0.29, 0.717) is 16.7 Å². The second kappa shape index (κ2) is 4.64. The summed E-state index contributed by atoms with van der Waals surface area (Å²) < 4.78 is 4.97. The van der Waals surface area contributed by atoms with Gasteiger partial charge in [-0.25, -0.2) is 0 Å². The van der Waals surface area contributed by atoms with E-state index in [2.05, 4.69) is 0 Å². The Morgan fingerprint density at radius 1 is 1.50 bits per heavy atom. The van der Waals surface area contributed by atoms with Crippen LogP contribution in [0, 0.1) is 5.92 Å². The topological polar surface area (TPSA) is 26.3 Å². The number of carbonyl (C=O) groups excluding carboxylic acids is 1. The van der Waals surface area contributed by atoms with Gasteiger partial charge in [0.2, 0.25) is 0 Å². The van der Waals surface area contributed by atoms with E-state index in [1.54, 1.807) is 6.07 Å². The van der Waals surface area contributed by atoms with Crippen molar-refractivity contribution in [2.24, 2.45) is 5.92 Å². The first-order valence-electron chi connectivity index (χ1n) is 5.25. The Kier molecular flexibility index (Phi) is 3.41. The quantitative estimate of drug-likeness (QED) is 0.774. The molecule has 16 heavy (non-hydrogen) atoms. The molecule has 0 unspecified atom stereocenters. The lowest BCUT2D eigenvalue weighted by atomic mass is 10.1. The van der Waals surface area contributed by atoms with Gasteiger partial charge < -0.3 is 4.74 Å². The number of halogens is 2. The second-order valence-electron chi connectivity index (χ2n) is 3.84. The summed E-state index contributed by atoms with van der Waals surface area (Å²) in [5.74, 6) is -0.00953. The molecule has 1 saturated carbocycles. The zero-order valence-electron chi connectivity index (χ0n) is 8.87. The Labute approximate surface area is 104 Å². The number of carbonyl (C=O) groups is 1. The molecule has 0 aliphatic heterocycles. The number of esters is 1. The van der Waals surface area contributed by atoms with Crippen LogP contribution in [0.1, 0.15) is 24.8 Å². The molecule has 2 nitrogen and oxygen atoms in total. The number of hydrogen-bond acceptors (Lipinski definition) is 2. The summed E-state index contributed by atoms with van der Waals surface area (Å²) in [6.45, 7) is 2.23. The van der Waals surface area contributed by atoms with Crippen molar-refractivity contribution in [3.63, 3.8) is 0 Å². The highest BCUT2D eigenvalue weighted by Crippen LogP contribution is 2.51. The van der Waals surface area contributed by atoms with Gasteiger partial charge in [0.05, 0.1) is 22.6 Å². The molecule has 0 amide bonds. The fourth-order valence-corrected chi connectivity index (χ4v) is 2.30. The van der Waals surface area contributed by atoms with Crippen LogP contribution in [-0.4, -0.2) is 12.6 Å². The van der Waals surface area contributed by atoms with Crippen LogP contribution in [0.25, 0.3) is 0 Å². The van der Waals surface area contributed by atoms with E-state index in [0.717, 1.165) is 12.0 Å². The van der Waals surface area contributed by atoms with Gasteiger partial charge in [0.25, 0.3) is 0 Å². The van der Waals surface area contributed by atoms with Crippen molar-refractivity contribution in [2.75, 3.05) is 6.61 Å². The first kappa shape index (κ1) is 11.7. The van der Waals surface area contributed by atoms with Gasteiger partial charge in [0, 0.05) is 0 Å². The standard InChI is InChI=1S/C12H12Cl2O2/c1-2-16-12(15)9-6-8(9)7-4-3-5-10(13)11(7)14/h3-5,8-9H,2,6H2,1H3/t8-,9+/m0/s1. The van der Waals surface area contributed by atoms with Crippen LogP contribution in [0.15, 0.2) is 18.2 Å². The maximum Gasteiger partial charge on any atom is 0.309 e. The zero-order valence-corrected chi connectivity index (χ0v) is 10.4. The minimum absolute atomic E-state index is 0.0454. The van der Waals surface area contributed by atoms with Crippen molar-refractivity contribution < 1.29 is 9.53 Å². The molecule has 2 atom stereocenters. The van der Waals surface area contributed by atoms with E-state index in [1.165, 1.54) is 0 Å². The predicted octanol–water partition coefficient (Wildman–Crippen LogP) is 3.66. The summed E-state index contributed by atoms with van der Waals surface area (Å²) in [4.78, 5) is 11.5. The third kappa shape index (κ3) is 2.18. The molecule has 0 heterocycles. The molecule has 1 aromatic carbocycles. The van der Waals surface area contributed by atoms with E-state index in [9.17, 15) is 4.79 Å². The highest BCUT2D eigenvalue weighted by atomic mass is 35.5. The molecular formula is C12H12Cl2O2. The zero-order chi connectivity index (χ0) is 11.7. The van der Waals surface area contributed by atoms with Gasteiger partial charge in [-0.05, 0) is 30.9 Å². The summed E-state index contributed by atoms with van der Waals surface area (Å²) in [5, 5.41) is 1.09. The lowest BCUT2D eigenvalue weighted by Gasteiger charge is -2.05. The Morgan fingerprint density at radius 3 is 2.94 bits per heavy atom. The number of ether oxygens (including phenoxy) is 1. The normalized spacial score (nSPS) is 22.9. The van der Waals surface area contributed by atoms with E-state index in [-0.39, 0.29) is 17.8 Å². The van der Waals surface area contributed by atoms with Gasteiger partial charge in [0.15, 0.2) is 0 Å². The summed E-state index contributed by atoms with van der Waals surface area (Å²) in [6, 6.07) is 5.51. The minimum Gasteiger partial charge on any atom is -0.466 e. The van der Waals surface area contributed by atoms with Crippen molar-refractivity contribution in [1.82, 2.24) is 0 Å². The van der Waals surface area contributed by atoms with E-state index in [4.69, 9.17) is 27.9 Å². The van der Waals surface area contributed by atoms with Crippen LogP contribution < -0.4 is 0 Å². The number of hydrogen-bond donors (Lipinski definition) is 0. The van der Waals surface area contributed by atoms with E-state index >= 15 is 0 Å². The van der Waals surface area contributed by atoms with E-state index in [1.807, 2.05) is 19.1 Å². The van der Waals surface area contributed by atoms with Crippen molar-refractivity contribution in [3.05, 3.63) is 33.8 Å². The molecule has 1 aliphatic carbocycles. The summed E-state index contributed by atoms with van der Waals surface area (Å²) in [6.07, 6.45) is 0.804. The molecule has 0 bridgehead atoms. The molecule has 1 aliphatic rings. The molecule has 0 N–H and O–H groups in total. The molecule has 1 fully saturated rings. The fraction of sp³-hybridized carbons (Fsp3) is 0.417.